The first-order valence-electron chi connectivity index (χ1n) is 3.99. The molecule has 0 aromatic carbocycles. The molecule has 2 aliphatic rings. The molecule has 0 amide bonds. The maximum atomic E-state index is 11.0. The maximum Gasteiger partial charge on any atom is 0.473 e. The number of hydrogen-bond donors (Lipinski definition) is 2. The number of phosphoric ester groups is 1. The highest BCUT2D eigenvalue weighted by Gasteiger charge is 2.55. The van der Waals surface area contributed by atoms with E-state index in [4.69, 9.17) is 23.8 Å². The summed E-state index contributed by atoms with van der Waals surface area (Å²) >= 11 is 0. The smallest absolute Gasteiger partial charge is 0.394 e. The van der Waals surface area contributed by atoms with Crippen LogP contribution in [0.3, 0.4) is 0 Å². The van der Waals surface area contributed by atoms with Crippen molar-refractivity contribution in [1.29, 1.82) is 0 Å². The molecule has 0 spiro atoms. The van der Waals surface area contributed by atoms with Crippen molar-refractivity contribution in [2.24, 2.45) is 0 Å². The average molecular weight is 208 g/mol. The van der Waals surface area contributed by atoms with Gasteiger partial charge in [0.25, 0.3) is 0 Å². The third-order valence-electron chi connectivity index (χ3n) is 2.23. The lowest BCUT2D eigenvalue weighted by Gasteiger charge is -2.13. The third-order valence-corrected chi connectivity index (χ3v) is 3.25. The van der Waals surface area contributed by atoms with Crippen LogP contribution >= 0.6 is 7.82 Å². The molecular formula is C5H10BO6P. The Labute approximate surface area is 75.8 Å². The standard InChI is InChI=1S/C5H10BO6P/c6-5-4-3(2(1-7)10-5)11-13(8,9)12-4/h2-5,7H,1,6H2,(H,8,9)/t2-,3?,4?,5?/m1/s1. The Kier molecular flexibility index (Phi) is 2.26. The second-order valence-electron chi connectivity index (χ2n) is 3.17. The van der Waals surface area contributed by atoms with Crippen molar-refractivity contribution >= 4 is 15.7 Å². The maximum absolute atomic E-state index is 11.0. The lowest BCUT2D eigenvalue weighted by atomic mass is 9.93. The molecule has 0 aromatic rings. The summed E-state index contributed by atoms with van der Waals surface area (Å²) in [6.07, 6.45) is -1.74. The van der Waals surface area contributed by atoms with Gasteiger partial charge in [-0.05, 0) is 0 Å². The van der Waals surface area contributed by atoms with Crippen LogP contribution in [0, 0.1) is 0 Å². The third kappa shape index (κ3) is 1.56. The predicted molar refractivity (Wildman–Crippen MR) is 43.9 cm³/mol. The summed E-state index contributed by atoms with van der Waals surface area (Å²) in [5.74, 6) is 0. The van der Waals surface area contributed by atoms with E-state index in [2.05, 4.69) is 0 Å². The first-order valence-corrected chi connectivity index (χ1v) is 5.49. The Hall–Kier alpha value is 0.0949. The summed E-state index contributed by atoms with van der Waals surface area (Å²) in [5, 5.41) is 8.87. The summed E-state index contributed by atoms with van der Waals surface area (Å²) in [4.78, 5) is 9.01. The van der Waals surface area contributed by atoms with E-state index in [0.717, 1.165) is 0 Å². The highest BCUT2D eigenvalue weighted by molar-refractivity contribution is 7.47. The Morgan fingerprint density at radius 1 is 1.38 bits per heavy atom. The average Bonchev–Trinajstić information content (AvgIpc) is 2.47. The number of ether oxygens (including phenoxy) is 1. The van der Waals surface area contributed by atoms with E-state index < -0.39 is 26.1 Å². The molecule has 2 saturated heterocycles. The number of phosphoric acid groups is 1. The monoisotopic (exact) mass is 208 g/mol. The van der Waals surface area contributed by atoms with Crippen molar-refractivity contribution in [3.8, 4) is 0 Å². The van der Waals surface area contributed by atoms with Crippen molar-refractivity contribution in [2.75, 3.05) is 6.61 Å². The van der Waals surface area contributed by atoms with Crippen molar-refractivity contribution in [3.63, 3.8) is 0 Å². The van der Waals surface area contributed by atoms with Crippen LogP contribution in [-0.4, -0.2) is 48.8 Å². The molecule has 2 heterocycles. The van der Waals surface area contributed by atoms with Gasteiger partial charge in [-0.25, -0.2) is 4.57 Å². The molecule has 0 aromatic heterocycles. The fraction of sp³-hybridized carbons (Fsp3) is 1.00. The van der Waals surface area contributed by atoms with Crippen LogP contribution in [0.2, 0.25) is 0 Å². The van der Waals surface area contributed by atoms with Gasteiger partial charge in [0.2, 0.25) is 0 Å². The van der Waals surface area contributed by atoms with E-state index >= 15 is 0 Å². The van der Waals surface area contributed by atoms with E-state index in [-0.39, 0.29) is 12.6 Å². The molecule has 4 unspecified atom stereocenters. The second kappa shape index (κ2) is 3.05. The molecule has 74 valence electrons. The summed E-state index contributed by atoms with van der Waals surface area (Å²) < 4.78 is 25.8. The molecular weight excluding hydrogens is 198 g/mol. The normalized spacial score (nSPS) is 55.2. The summed E-state index contributed by atoms with van der Waals surface area (Å²) in [6, 6.07) is -0.329. The van der Waals surface area contributed by atoms with Crippen LogP contribution in [0.4, 0.5) is 0 Å². The van der Waals surface area contributed by atoms with Gasteiger partial charge in [-0.2, -0.15) is 0 Å². The quantitative estimate of drug-likeness (QED) is 0.391. The van der Waals surface area contributed by atoms with Crippen molar-refractivity contribution in [2.45, 2.75) is 24.3 Å². The van der Waals surface area contributed by atoms with Gasteiger partial charge in [-0.15, -0.1) is 0 Å². The van der Waals surface area contributed by atoms with Crippen LogP contribution in [0.1, 0.15) is 0 Å². The first-order chi connectivity index (χ1) is 6.03. The number of aliphatic hydroxyl groups is 1. The van der Waals surface area contributed by atoms with Gasteiger partial charge in [0.1, 0.15) is 26.2 Å². The molecule has 2 fully saturated rings. The van der Waals surface area contributed by atoms with Gasteiger partial charge in [-0.3, -0.25) is 9.05 Å². The van der Waals surface area contributed by atoms with Gasteiger partial charge in [0.15, 0.2) is 0 Å². The van der Waals surface area contributed by atoms with Gasteiger partial charge in [0.05, 0.1) is 12.6 Å². The van der Waals surface area contributed by atoms with Gasteiger partial charge in [-0.1, -0.05) is 0 Å². The zero-order valence-electron chi connectivity index (χ0n) is 6.99. The van der Waals surface area contributed by atoms with E-state index in [1.54, 1.807) is 7.85 Å². The van der Waals surface area contributed by atoms with Crippen molar-refractivity contribution < 1.29 is 28.3 Å². The Bertz CT molecular complexity index is 259. The number of fused-ring (bicyclic) bond motifs is 1. The summed E-state index contributed by atoms with van der Waals surface area (Å²) in [7, 11) is -2.19. The van der Waals surface area contributed by atoms with Crippen molar-refractivity contribution in [3.05, 3.63) is 0 Å². The Morgan fingerprint density at radius 3 is 2.62 bits per heavy atom. The lowest BCUT2D eigenvalue weighted by molar-refractivity contribution is -0.00316. The lowest BCUT2D eigenvalue weighted by Crippen LogP contribution is -2.31. The Balaban J connectivity index is 2.17. The molecule has 0 saturated carbocycles. The summed E-state index contributed by atoms with van der Waals surface area (Å²) in [5.41, 5.74) is 0. The van der Waals surface area contributed by atoms with E-state index in [1.165, 1.54) is 0 Å². The first kappa shape index (κ1) is 9.64. The molecule has 2 N–H and O–H groups in total. The molecule has 0 bridgehead atoms. The molecule has 0 radical (unpaired) electrons. The zero-order valence-corrected chi connectivity index (χ0v) is 7.89. The Morgan fingerprint density at radius 2 is 2.00 bits per heavy atom. The van der Waals surface area contributed by atoms with E-state index in [0.29, 0.717) is 0 Å². The van der Waals surface area contributed by atoms with Gasteiger partial charge >= 0.3 is 7.82 Å². The fourth-order valence-electron chi connectivity index (χ4n) is 1.66. The number of rotatable bonds is 1. The van der Waals surface area contributed by atoms with E-state index in [1.807, 2.05) is 0 Å². The second-order valence-corrected chi connectivity index (χ2v) is 4.53. The van der Waals surface area contributed by atoms with Crippen LogP contribution in [-0.2, 0) is 18.3 Å². The minimum atomic E-state index is -3.90. The molecule has 6 nitrogen and oxygen atoms in total. The largest absolute Gasteiger partial charge is 0.473 e. The fourth-order valence-corrected chi connectivity index (χ4v) is 2.87. The molecule has 13 heavy (non-hydrogen) atoms. The highest BCUT2D eigenvalue weighted by atomic mass is 31.2. The molecule has 5 atom stereocenters. The highest BCUT2D eigenvalue weighted by Crippen LogP contribution is 2.56. The van der Waals surface area contributed by atoms with Crippen LogP contribution in [0.5, 0.6) is 0 Å². The number of hydrogen-bond acceptors (Lipinski definition) is 5. The predicted octanol–water partition coefficient (Wildman–Crippen LogP) is -1.78. The SMILES string of the molecule is BC1O[C@H](CO)C2OP(=O)(O)OC12. The summed E-state index contributed by atoms with van der Waals surface area (Å²) in [6.45, 7) is -0.241. The van der Waals surface area contributed by atoms with Crippen molar-refractivity contribution in [1.82, 2.24) is 0 Å². The van der Waals surface area contributed by atoms with Gasteiger partial charge in [0, 0.05) is 0 Å². The van der Waals surface area contributed by atoms with Crippen LogP contribution in [0.25, 0.3) is 0 Å². The molecule has 8 heteroatoms. The topological polar surface area (TPSA) is 85.2 Å². The minimum absolute atomic E-state index is 0.241. The van der Waals surface area contributed by atoms with Gasteiger partial charge < -0.3 is 14.7 Å². The van der Waals surface area contributed by atoms with E-state index in [9.17, 15) is 4.57 Å². The molecule has 2 rings (SSSR count). The van der Waals surface area contributed by atoms with Crippen LogP contribution < -0.4 is 0 Å². The minimum Gasteiger partial charge on any atom is -0.394 e. The zero-order chi connectivity index (χ0) is 9.64. The molecule has 2 aliphatic heterocycles. The molecule has 0 aliphatic carbocycles. The number of aliphatic hydroxyl groups excluding tert-OH is 1. The van der Waals surface area contributed by atoms with Crippen LogP contribution in [0.15, 0.2) is 0 Å².